The SMILES string of the molecule is COCC(=O)NC/C=C/c1ccc2ncnc(Nc3ccc(Oc4ccc(C)nc4)c(C)c3)c2c1.CS(=O)(=O)O. The summed E-state index contributed by atoms with van der Waals surface area (Å²) in [6.45, 7) is 4.40. The number of aromatic nitrogens is 3. The van der Waals surface area contributed by atoms with E-state index in [2.05, 4.69) is 25.6 Å². The molecule has 12 heteroatoms. The van der Waals surface area contributed by atoms with Crippen molar-refractivity contribution in [2.75, 3.05) is 31.8 Å². The number of pyridine rings is 1. The first-order valence-electron chi connectivity index (χ1n) is 12.1. The van der Waals surface area contributed by atoms with Gasteiger partial charge in [0.15, 0.2) is 0 Å². The van der Waals surface area contributed by atoms with E-state index in [9.17, 15) is 13.2 Å². The fourth-order valence-corrected chi connectivity index (χ4v) is 3.45. The fraction of sp³-hybridized carbons (Fsp3) is 0.214. The third-order valence-electron chi connectivity index (χ3n) is 5.21. The zero-order chi connectivity index (χ0) is 29.1. The summed E-state index contributed by atoms with van der Waals surface area (Å²) in [6.07, 6.45) is 7.80. The molecule has 0 fully saturated rings. The highest BCUT2D eigenvalue weighted by atomic mass is 32.2. The molecule has 4 aromatic rings. The Morgan fingerprint density at radius 2 is 1.82 bits per heavy atom. The van der Waals surface area contributed by atoms with E-state index in [0.29, 0.717) is 24.4 Å². The van der Waals surface area contributed by atoms with Crippen molar-refractivity contribution in [1.82, 2.24) is 20.3 Å². The average Bonchev–Trinajstić information content (AvgIpc) is 2.89. The van der Waals surface area contributed by atoms with E-state index in [4.69, 9.17) is 14.0 Å². The Labute approximate surface area is 233 Å². The van der Waals surface area contributed by atoms with Gasteiger partial charge in [-0.05, 0) is 67.4 Å². The molecule has 11 nitrogen and oxygen atoms in total. The Morgan fingerprint density at radius 1 is 1.05 bits per heavy atom. The quantitative estimate of drug-likeness (QED) is 0.248. The fourth-order valence-electron chi connectivity index (χ4n) is 3.45. The second-order valence-electron chi connectivity index (χ2n) is 8.71. The molecule has 2 aromatic carbocycles. The Morgan fingerprint density at radius 3 is 2.50 bits per heavy atom. The first-order chi connectivity index (χ1) is 19.0. The topological polar surface area (TPSA) is 153 Å². The van der Waals surface area contributed by atoms with E-state index in [1.807, 2.05) is 74.5 Å². The zero-order valence-corrected chi connectivity index (χ0v) is 23.4. The highest BCUT2D eigenvalue weighted by molar-refractivity contribution is 7.85. The van der Waals surface area contributed by atoms with Gasteiger partial charge in [0.2, 0.25) is 5.91 Å². The number of methoxy groups -OCH3 is 1. The second kappa shape index (κ2) is 14.1. The number of amides is 1. The minimum absolute atomic E-state index is 0.0475. The molecule has 0 spiro atoms. The maximum Gasteiger partial charge on any atom is 0.261 e. The van der Waals surface area contributed by atoms with Gasteiger partial charge in [0.25, 0.3) is 10.1 Å². The van der Waals surface area contributed by atoms with E-state index < -0.39 is 10.1 Å². The molecule has 0 unspecified atom stereocenters. The molecule has 4 rings (SSSR count). The van der Waals surface area contributed by atoms with Gasteiger partial charge in [-0.3, -0.25) is 14.3 Å². The highest BCUT2D eigenvalue weighted by Gasteiger charge is 2.08. The van der Waals surface area contributed by atoms with Crippen molar-refractivity contribution < 1.29 is 27.2 Å². The monoisotopic (exact) mass is 565 g/mol. The number of nitrogens with zero attached hydrogens (tertiary/aromatic N) is 3. The van der Waals surface area contributed by atoms with Gasteiger partial charge in [0.05, 0.1) is 18.0 Å². The standard InChI is InChI=1S/C27H27N5O3.CH4O3S/c1-18-13-21(8-11-25(18)35-22-9-6-19(2)29-15-22)32-27-23-14-20(7-10-24(23)30-17-31-27)5-4-12-28-26(33)16-34-3;1-5(2,3)4/h4-11,13-15,17H,12,16H2,1-3H3,(H,28,33)(H,30,31,32);1H3,(H,2,3,4)/b5-4+;. The number of carbonyl (C=O) groups excluding carboxylic acids is 1. The first-order valence-corrected chi connectivity index (χ1v) is 13.9. The van der Waals surface area contributed by atoms with Crippen LogP contribution in [0.2, 0.25) is 0 Å². The van der Waals surface area contributed by atoms with Crippen molar-refractivity contribution in [3.8, 4) is 11.5 Å². The lowest BCUT2D eigenvalue weighted by atomic mass is 10.1. The van der Waals surface area contributed by atoms with Crippen molar-refractivity contribution >= 4 is 44.5 Å². The van der Waals surface area contributed by atoms with Crippen molar-refractivity contribution in [2.45, 2.75) is 13.8 Å². The molecule has 0 aliphatic heterocycles. The van der Waals surface area contributed by atoms with Gasteiger partial charge in [-0.15, -0.1) is 0 Å². The van der Waals surface area contributed by atoms with Crippen LogP contribution >= 0.6 is 0 Å². The number of hydrogen-bond donors (Lipinski definition) is 3. The van der Waals surface area contributed by atoms with Gasteiger partial charge >= 0.3 is 0 Å². The lowest BCUT2D eigenvalue weighted by Gasteiger charge is -2.12. The molecule has 0 bridgehead atoms. The third kappa shape index (κ3) is 10.1. The van der Waals surface area contributed by atoms with Crippen molar-refractivity contribution in [1.29, 1.82) is 0 Å². The van der Waals surface area contributed by atoms with Crippen LogP contribution in [0, 0.1) is 13.8 Å². The van der Waals surface area contributed by atoms with Crippen LogP contribution in [0.3, 0.4) is 0 Å². The molecule has 40 heavy (non-hydrogen) atoms. The number of hydrogen-bond acceptors (Lipinski definition) is 9. The molecular formula is C28H31N5O6S. The van der Waals surface area contributed by atoms with E-state index in [0.717, 1.165) is 39.2 Å². The van der Waals surface area contributed by atoms with E-state index in [1.165, 1.54) is 7.11 Å². The molecular weight excluding hydrogens is 534 g/mol. The van der Waals surface area contributed by atoms with Crippen molar-refractivity contribution in [3.63, 3.8) is 0 Å². The van der Waals surface area contributed by atoms with Crippen LogP contribution in [0.15, 0.2) is 67.1 Å². The van der Waals surface area contributed by atoms with Gasteiger partial charge in [-0.2, -0.15) is 8.42 Å². The zero-order valence-electron chi connectivity index (χ0n) is 22.6. The molecule has 0 saturated heterocycles. The maximum atomic E-state index is 11.5. The van der Waals surface area contributed by atoms with Crippen LogP contribution in [0.1, 0.15) is 16.8 Å². The molecule has 0 saturated carbocycles. The van der Waals surface area contributed by atoms with E-state index in [-0.39, 0.29) is 12.5 Å². The summed E-state index contributed by atoms with van der Waals surface area (Å²) in [5, 5.41) is 7.05. The minimum atomic E-state index is -3.67. The molecule has 1 amide bonds. The Hall–Kier alpha value is -4.39. The summed E-state index contributed by atoms with van der Waals surface area (Å²) >= 11 is 0. The second-order valence-corrected chi connectivity index (χ2v) is 10.2. The van der Waals surface area contributed by atoms with Crippen LogP contribution in [-0.2, 0) is 19.6 Å². The third-order valence-corrected chi connectivity index (χ3v) is 5.21. The molecule has 210 valence electrons. The molecule has 3 N–H and O–H groups in total. The summed E-state index contributed by atoms with van der Waals surface area (Å²) in [5.74, 6) is 2.01. The Kier molecular flexibility index (Phi) is 10.6. The van der Waals surface area contributed by atoms with Crippen LogP contribution in [0.4, 0.5) is 11.5 Å². The normalized spacial score (nSPS) is 11.1. The highest BCUT2D eigenvalue weighted by Crippen LogP contribution is 2.30. The smallest absolute Gasteiger partial charge is 0.261 e. The van der Waals surface area contributed by atoms with E-state index >= 15 is 0 Å². The van der Waals surface area contributed by atoms with Gasteiger partial charge < -0.3 is 20.1 Å². The predicted octanol–water partition coefficient (Wildman–Crippen LogP) is 4.46. The summed E-state index contributed by atoms with van der Waals surface area (Å²) in [5.41, 5.74) is 4.62. The number of rotatable bonds is 9. The van der Waals surface area contributed by atoms with Crippen LogP contribution < -0.4 is 15.4 Å². The summed E-state index contributed by atoms with van der Waals surface area (Å²) < 4.78 is 36.6. The first kappa shape index (κ1) is 30.2. The van der Waals surface area contributed by atoms with Crippen molar-refractivity contribution in [2.24, 2.45) is 0 Å². The van der Waals surface area contributed by atoms with Crippen LogP contribution in [0.25, 0.3) is 17.0 Å². The van der Waals surface area contributed by atoms with Gasteiger partial charge in [0.1, 0.15) is 30.3 Å². The minimum Gasteiger partial charge on any atom is -0.455 e. The van der Waals surface area contributed by atoms with Crippen LogP contribution in [0.5, 0.6) is 11.5 Å². The molecule has 0 atom stereocenters. The lowest BCUT2D eigenvalue weighted by molar-refractivity contribution is -0.124. The van der Waals surface area contributed by atoms with Gasteiger partial charge in [0, 0.05) is 30.4 Å². The number of aryl methyl sites for hydroxylation is 2. The lowest BCUT2D eigenvalue weighted by Crippen LogP contribution is -2.26. The number of nitrogens with one attached hydrogen (secondary N) is 2. The number of anilines is 2. The molecule has 0 radical (unpaired) electrons. The largest absolute Gasteiger partial charge is 0.455 e. The number of benzene rings is 2. The maximum absolute atomic E-state index is 11.5. The summed E-state index contributed by atoms with van der Waals surface area (Å²) in [4.78, 5) is 24.6. The predicted molar refractivity (Wildman–Crippen MR) is 154 cm³/mol. The summed E-state index contributed by atoms with van der Waals surface area (Å²) in [7, 11) is -2.18. The molecule has 0 aliphatic carbocycles. The number of ether oxygens (including phenoxy) is 2. The number of carbonyl (C=O) groups is 1. The molecule has 2 aromatic heterocycles. The average molecular weight is 566 g/mol. The Bertz CT molecular complexity index is 1580. The number of fused-ring (bicyclic) bond motifs is 1. The van der Waals surface area contributed by atoms with Crippen molar-refractivity contribution in [3.05, 3.63) is 84.0 Å². The van der Waals surface area contributed by atoms with E-state index in [1.54, 1.807) is 12.5 Å². The van der Waals surface area contributed by atoms with Gasteiger partial charge in [-0.1, -0.05) is 18.2 Å². The van der Waals surface area contributed by atoms with Crippen LogP contribution in [-0.4, -0.2) is 60.3 Å². The Balaban J connectivity index is 0.000000810. The molecule has 2 heterocycles. The summed E-state index contributed by atoms with van der Waals surface area (Å²) in [6, 6.07) is 15.6. The molecule has 0 aliphatic rings. The van der Waals surface area contributed by atoms with Gasteiger partial charge in [-0.25, -0.2) is 9.97 Å².